The van der Waals surface area contributed by atoms with Crippen molar-refractivity contribution in [2.75, 3.05) is 0 Å². The highest BCUT2D eigenvalue weighted by Crippen LogP contribution is 2.24. The molecule has 0 unspecified atom stereocenters. The SMILES string of the molecule is CC(=O)On1ncc2c([N+](=O)[O-])cccc21. The lowest BCUT2D eigenvalue weighted by atomic mass is 10.2. The Balaban J connectivity index is 2.61. The van der Waals surface area contributed by atoms with Crippen molar-refractivity contribution in [3.63, 3.8) is 0 Å². The van der Waals surface area contributed by atoms with E-state index in [1.807, 2.05) is 0 Å². The summed E-state index contributed by atoms with van der Waals surface area (Å²) in [5.41, 5.74) is 0.306. The molecule has 0 N–H and O–H groups in total. The highest BCUT2D eigenvalue weighted by atomic mass is 16.7. The van der Waals surface area contributed by atoms with Crippen LogP contribution < -0.4 is 4.84 Å². The monoisotopic (exact) mass is 221 g/mol. The van der Waals surface area contributed by atoms with Gasteiger partial charge in [0.05, 0.1) is 11.1 Å². The van der Waals surface area contributed by atoms with Crippen molar-refractivity contribution in [3.05, 3.63) is 34.5 Å². The minimum atomic E-state index is -0.545. The lowest BCUT2D eigenvalue weighted by molar-refractivity contribution is -0.383. The van der Waals surface area contributed by atoms with E-state index in [2.05, 4.69) is 5.10 Å². The lowest BCUT2D eigenvalue weighted by Crippen LogP contribution is -2.17. The fourth-order valence-corrected chi connectivity index (χ4v) is 1.37. The number of nitrogens with zero attached hydrogens (tertiary/aromatic N) is 3. The third-order valence-corrected chi connectivity index (χ3v) is 1.97. The van der Waals surface area contributed by atoms with Gasteiger partial charge >= 0.3 is 5.97 Å². The smallest absolute Gasteiger partial charge is 0.319 e. The molecular weight excluding hydrogens is 214 g/mol. The Labute approximate surface area is 89.3 Å². The number of aromatic nitrogens is 2. The van der Waals surface area contributed by atoms with Crippen molar-refractivity contribution in [2.45, 2.75) is 6.92 Å². The van der Waals surface area contributed by atoms with E-state index in [1.54, 1.807) is 6.07 Å². The summed E-state index contributed by atoms with van der Waals surface area (Å²) < 4.78 is 0. The molecule has 0 saturated heterocycles. The van der Waals surface area contributed by atoms with Crippen LogP contribution in [-0.2, 0) is 4.79 Å². The second kappa shape index (κ2) is 3.61. The molecule has 0 fully saturated rings. The lowest BCUT2D eigenvalue weighted by Gasteiger charge is -2.00. The van der Waals surface area contributed by atoms with Gasteiger partial charge in [0.15, 0.2) is 0 Å². The van der Waals surface area contributed by atoms with E-state index in [9.17, 15) is 14.9 Å². The van der Waals surface area contributed by atoms with Crippen LogP contribution in [0.1, 0.15) is 6.92 Å². The van der Waals surface area contributed by atoms with Gasteiger partial charge in [-0.1, -0.05) is 10.9 Å². The van der Waals surface area contributed by atoms with Crippen molar-refractivity contribution >= 4 is 22.6 Å². The van der Waals surface area contributed by atoms with E-state index in [1.165, 1.54) is 25.3 Å². The number of rotatable bonds is 2. The van der Waals surface area contributed by atoms with E-state index in [-0.39, 0.29) is 5.69 Å². The molecule has 82 valence electrons. The van der Waals surface area contributed by atoms with Crippen molar-refractivity contribution in [1.82, 2.24) is 9.94 Å². The molecule has 2 rings (SSSR count). The number of nitro groups is 1. The number of carbonyl (C=O) groups excluding carboxylic acids is 1. The van der Waals surface area contributed by atoms with Gasteiger partial charge < -0.3 is 4.84 Å². The molecule has 1 aromatic carbocycles. The zero-order valence-corrected chi connectivity index (χ0v) is 8.28. The third-order valence-electron chi connectivity index (χ3n) is 1.97. The van der Waals surface area contributed by atoms with Crippen molar-refractivity contribution in [2.24, 2.45) is 0 Å². The highest BCUT2D eigenvalue weighted by Gasteiger charge is 2.15. The molecule has 0 spiro atoms. The highest BCUT2D eigenvalue weighted by molar-refractivity contribution is 5.87. The van der Waals surface area contributed by atoms with Gasteiger partial charge in [-0.3, -0.25) is 10.1 Å². The number of nitro benzene ring substituents is 1. The minimum absolute atomic E-state index is 0.0732. The van der Waals surface area contributed by atoms with E-state index in [0.29, 0.717) is 10.9 Å². The maximum atomic E-state index is 10.8. The summed E-state index contributed by atoms with van der Waals surface area (Å²) in [7, 11) is 0. The molecule has 1 aromatic heterocycles. The first-order chi connectivity index (χ1) is 7.59. The number of hydrogen-bond donors (Lipinski definition) is 0. The van der Waals surface area contributed by atoms with Gasteiger partial charge in [-0.05, 0) is 6.07 Å². The molecule has 0 saturated carbocycles. The van der Waals surface area contributed by atoms with Crippen LogP contribution in [0.15, 0.2) is 24.4 Å². The van der Waals surface area contributed by atoms with Crippen LogP contribution in [0.4, 0.5) is 5.69 Å². The summed E-state index contributed by atoms with van der Waals surface area (Å²) in [6.07, 6.45) is 1.29. The van der Waals surface area contributed by atoms with Gasteiger partial charge in [0, 0.05) is 13.0 Å². The first-order valence-electron chi connectivity index (χ1n) is 4.39. The second-order valence-electron chi connectivity index (χ2n) is 3.07. The predicted molar refractivity (Wildman–Crippen MR) is 53.6 cm³/mol. The fourth-order valence-electron chi connectivity index (χ4n) is 1.37. The zero-order chi connectivity index (χ0) is 11.7. The Hall–Kier alpha value is -2.44. The van der Waals surface area contributed by atoms with E-state index in [0.717, 1.165) is 4.85 Å². The van der Waals surface area contributed by atoms with Gasteiger partial charge in [0.2, 0.25) is 0 Å². The second-order valence-corrected chi connectivity index (χ2v) is 3.07. The van der Waals surface area contributed by atoms with Gasteiger partial charge in [0.1, 0.15) is 10.9 Å². The molecule has 2 aromatic rings. The normalized spacial score (nSPS) is 10.3. The Bertz CT molecular complexity index is 575. The van der Waals surface area contributed by atoms with Gasteiger partial charge in [-0.2, -0.15) is 0 Å². The van der Waals surface area contributed by atoms with Crippen LogP contribution in [0.5, 0.6) is 0 Å². The summed E-state index contributed by atoms with van der Waals surface area (Å²) in [5, 5.41) is 14.8. The quantitative estimate of drug-likeness (QED) is 0.555. The number of fused-ring (bicyclic) bond motifs is 1. The number of benzene rings is 1. The van der Waals surface area contributed by atoms with Crippen LogP contribution in [0.2, 0.25) is 0 Å². The fraction of sp³-hybridized carbons (Fsp3) is 0.111. The van der Waals surface area contributed by atoms with E-state index >= 15 is 0 Å². The van der Waals surface area contributed by atoms with Gasteiger partial charge in [-0.25, -0.2) is 4.79 Å². The predicted octanol–water partition coefficient (Wildman–Crippen LogP) is 0.920. The van der Waals surface area contributed by atoms with Crippen LogP contribution in [-0.4, -0.2) is 20.8 Å². The number of non-ortho nitro benzene ring substituents is 1. The molecule has 0 atom stereocenters. The summed E-state index contributed by atoms with van der Waals surface area (Å²) in [5.74, 6) is -0.545. The maximum absolute atomic E-state index is 10.8. The summed E-state index contributed by atoms with van der Waals surface area (Å²) >= 11 is 0. The molecule has 0 radical (unpaired) electrons. The molecule has 16 heavy (non-hydrogen) atoms. The molecule has 0 aliphatic carbocycles. The first kappa shape index (κ1) is 10.1. The van der Waals surface area contributed by atoms with Crippen molar-refractivity contribution < 1.29 is 14.6 Å². The molecular formula is C9H7N3O4. The van der Waals surface area contributed by atoms with E-state index < -0.39 is 10.9 Å². The molecule has 1 heterocycles. The van der Waals surface area contributed by atoms with Crippen molar-refractivity contribution in [1.29, 1.82) is 0 Å². The number of carbonyl (C=O) groups is 1. The molecule has 0 aliphatic rings. The van der Waals surface area contributed by atoms with Crippen molar-refractivity contribution in [3.8, 4) is 0 Å². The van der Waals surface area contributed by atoms with Crippen LogP contribution in [0, 0.1) is 10.1 Å². The summed E-state index contributed by atoms with van der Waals surface area (Å²) in [6, 6.07) is 4.45. The topological polar surface area (TPSA) is 87.3 Å². The van der Waals surface area contributed by atoms with Gasteiger partial charge in [0.25, 0.3) is 5.69 Å². The van der Waals surface area contributed by atoms with Crippen LogP contribution >= 0.6 is 0 Å². The summed E-state index contributed by atoms with van der Waals surface area (Å²) in [6.45, 7) is 1.23. The zero-order valence-electron chi connectivity index (χ0n) is 8.28. The van der Waals surface area contributed by atoms with E-state index in [4.69, 9.17) is 4.84 Å². The standard InChI is InChI=1S/C9H7N3O4/c1-6(13)16-11-8-3-2-4-9(12(14)15)7(8)5-10-11/h2-5H,1H3. The molecule has 0 bridgehead atoms. The minimum Gasteiger partial charge on any atom is -0.319 e. The Morgan fingerprint density at radius 3 is 2.94 bits per heavy atom. The Morgan fingerprint density at radius 1 is 1.56 bits per heavy atom. The average Bonchev–Trinajstić information content (AvgIpc) is 2.60. The molecule has 0 aliphatic heterocycles. The average molecular weight is 221 g/mol. The molecule has 7 heteroatoms. The molecule has 7 nitrogen and oxygen atoms in total. The van der Waals surface area contributed by atoms with Crippen LogP contribution in [0.3, 0.4) is 0 Å². The largest absolute Gasteiger partial charge is 0.331 e. The third kappa shape index (κ3) is 1.58. The Kier molecular flexibility index (Phi) is 2.28. The number of hydrogen-bond acceptors (Lipinski definition) is 5. The molecule has 0 amide bonds. The Morgan fingerprint density at radius 2 is 2.31 bits per heavy atom. The first-order valence-corrected chi connectivity index (χ1v) is 4.39. The van der Waals surface area contributed by atoms with Crippen LogP contribution in [0.25, 0.3) is 10.9 Å². The van der Waals surface area contributed by atoms with Gasteiger partial charge in [-0.15, -0.1) is 5.10 Å². The maximum Gasteiger partial charge on any atom is 0.331 e. The summed E-state index contributed by atoms with van der Waals surface area (Å²) in [4.78, 5) is 26.7.